The maximum Gasteiger partial charge on any atom is 0.191 e. The van der Waals surface area contributed by atoms with Gasteiger partial charge in [-0.3, -0.25) is 4.99 Å². The van der Waals surface area contributed by atoms with Gasteiger partial charge < -0.3 is 20.1 Å². The van der Waals surface area contributed by atoms with Crippen LogP contribution >= 0.6 is 0 Å². The number of hydrogen-bond donors (Lipinski definition) is 2. The first-order chi connectivity index (χ1) is 11.1. The number of hydrogen-bond acceptors (Lipinski definition) is 4. The van der Waals surface area contributed by atoms with Crippen LogP contribution in [0.5, 0.6) is 0 Å². The van der Waals surface area contributed by atoms with Gasteiger partial charge in [0.25, 0.3) is 0 Å². The molecule has 0 bridgehead atoms. The zero-order chi connectivity index (χ0) is 16.7. The molecule has 23 heavy (non-hydrogen) atoms. The Kier molecular flexibility index (Phi) is 6.89. The minimum Gasteiger partial charge on any atom is -0.359 e. The van der Waals surface area contributed by atoms with Crippen LogP contribution in [-0.2, 0) is 6.54 Å². The maximum atomic E-state index is 5.33. The number of aliphatic imine (C=N–C) groups is 1. The van der Waals surface area contributed by atoms with E-state index < -0.39 is 0 Å². The summed E-state index contributed by atoms with van der Waals surface area (Å²) in [6.07, 6.45) is 2.69. The van der Waals surface area contributed by atoms with Gasteiger partial charge in [-0.2, -0.15) is 0 Å². The molecule has 1 aliphatic rings. The Bertz CT molecular complexity index is 491. The van der Waals surface area contributed by atoms with E-state index in [1.165, 1.54) is 25.9 Å². The highest BCUT2D eigenvalue weighted by molar-refractivity contribution is 5.79. The van der Waals surface area contributed by atoms with Crippen molar-refractivity contribution in [3.05, 3.63) is 17.5 Å². The molecule has 0 aliphatic carbocycles. The average Bonchev–Trinajstić information content (AvgIpc) is 3.18. The SMILES string of the molecule is CN=C(NCc1cc(C(C)C)no1)NCC(C)CN1CCCC1. The summed E-state index contributed by atoms with van der Waals surface area (Å²) in [6.45, 7) is 11.7. The van der Waals surface area contributed by atoms with E-state index in [0.29, 0.717) is 18.4 Å². The highest BCUT2D eigenvalue weighted by Crippen LogP contribution is 2.13. The third-order valence-electron chi connectivity index (χ3n) is 4.21. The smallest absolute Gasteiger partial charge is 0.191 e. The summed E-state index contributed by atoms with van der Waals surface area (Å²) < 4.78 is 5.33. The summed E-state index contributed by atoms with van der Waals surface area (Å²) in [5.74, 6) is 2.63. The molecule has 6 nitrogen and oxygen atoms in total. The molecule has 6 heteroatoms. The van der Waals surface area contributed by atoms with Crippen LogP contribution in [0.1, 0.15) is 51.0 Å². The van der Waals surface area contributed by atoms with Crippen molar-refractivity contribution in [3.63, 3.8) is 0 Å². The second-order valence-electron chi connectivity index (χ2n) is 6.79. The molecule has 1 unspecified atom stereocenters. The summed E-state index contributed by atoms with van der Waals surface area (Å²) in [6, 6.07) is 2.00. The fourth-order valence-electron chi connectivity index (χ4n) is 2.82. The summed E-state index contributed by atoms with van der Waals surface area (Å²) in [7, 11) is 1.79. The van der Waals surface area contributed by atoms with Gasteiger partial charge in [0.15, 0.2) is 11.7 Å². The van der Waals surface area contributed by atoms with E-state index >= 15 is 0 Å². The zero-order valence-electron chi connectivity index (χ0n) is 14.9. The number of likely N-dealkylation sites (tertiary alicyclic amines) is 1. The topological polar surface area (TPSA) is 65.7 Å². The van der Waals surface area contributed by atoms with Gasteiger partial charge in [-0.25, -0.2) is 0 Å². The van der Waals surface area contributed by atoms with Crippen molar-refractivity contribution in [3.8, 4) is 0 Å². The predicted octanol–water partition coefficient (Wildman–Crippen LogP) is 2.19. The lowest BCUT2D eigenvalue weighted by atomic mass is 10.1. The Morgan fingerprint density at radius 3 is 2.65 bits per heavy atom. The number of nitrogens with zero attached hydrogens (tertiary/aromatic N) is 3. The van der Waals surface area contributed by atoms with Gasteiger partial charge in [-0.15, -0.1) is 0 Å². The largest absolute Gasteiger partial charge is 0.359 e. The van der Waals surface area contributed by atoms with Crippen molar-refractivity contribution in [2.75, 3.05) is 33.2 Å². The van der Waals surface area contributed by atoms with Gasteiger partial charge in [0.05, 0.1) is 12.2 Å². The number of nitrogens with one attached hydrogen (secondary N) is 2. The quantitative estimate of drug-likeness (QED) is 0.595. The third kappa shape index (κ3) is 5.86. The molecule has 1 aliphatic heterocycles. The third-order valence-corrected chi connectivity index (χ3v) is 4.21. The van der Waals surface area contributed by atoms with Gasteiger partial charge in [0.2, 0.25) is 0 Å². The summed E-state index contributed by atoms with van der Waals surface area (Å²) in [5, 5.41) is 10.7. The monoisotopic (exact) mass is 321 g/mol. The molecular weight excluding hydrogens is 290 g/mol. The number of rotatable bonds is 7. The first-order valence-corrected chi connectivity index (χ1v) is 8.71. The molecule has 0 amide bonds. The van der Waals surface area contributed by atoms with Gasteiger partial charge >= 0.3 is 0 Å². The van der Waals surface area contributed by atoms with Crippen LogP contribution in [0.4, 0.5) is 0 Å². The van der Waals surface area contributed by atoms with Crippen molar-refractivity contribution in [2.45, 2.75) is 46.1 Å². The lowest BCUT2D eigenvalue weighted by molar-refractivity contribution is 0.287. The normalized spacial score (nSPS) is 17.7. The molecule has 1 saturated heterocycles. The van der Waals surface area contributed by atoms with Crippen LogP contribution in [0.25, 0.3) is 0 Å². The molecule has 1 atom stereocenters. The Balaban J connectivity index is 1.70. The predicted molar refractivity (Wildman–Crippen MR) is 93.6 cm³/mol. The van der Waals surface area contributed by atoms with Crippen molar-refractivity contribution in [1.82, 2.24) is 20.7 Å². The molecule has 2 rings (SSSR count). The van der Waals surface area contributed by atoms with E-state index in [0.717, 1.165) is 30.5 Å². The first kappa shape index (κ1) is 17.8. The van der Waals surface area contributed by atoms with Crippen molar-refractivity contribution >= 4 is 5.96 Å². The van der Waals surface area contributed by atoms with E-state index in [4.69, 9.17) is 4.52 Å². The average molecular weight is 321 g/mol. The minimum atomic E-state index is 0.386. The molecule has 1 aromatic heterocycles. The molecule has 2 heterocycles. The van der Waals surface area contributed by atoms with Crippen LogP contribution < -0.4 is 10.6 Å². The van der Waals surface area contributed by atoms with Crippen LogP contribution in [0.15, 0.2) is 15.6 Å². The Morgan fingerprint density at radius 1 is 1.30 bits per heavy atom. The summed E-state index contributed by atoms with van der Waals surface area (Å²) in [4.78, 5) is 6.81. The van der Waals surface area contributed by atoms with E-state index in [1.54, 1.807) is 7.05 Å². The second kappa shape index (κ2) is 8.91. The van der Waals surface area contributed by atoms with Crippen LogP contribution in [0.3, 0.4) is 0 Å². The van der Waals surface area contributed by atoms with Gasteiger partial charge in [0, 0.05) is 26.2 Å². The van der Waals surface area contributed by atoms with E-state index in [1.807, 2.05) is 6.07 Å². The van der Waals surface area contributed by atoms with Gasteiger partial charge in [0.1, 0.15) is 0 Å². The Labute approximate surface area is 139 Å². The first-order valence-electron chi connectivity index (χ1n) is 8.71. The van der Waals surface area contributed by atoms with E-state index in [2.05, 4.69) is 46.5 Å². The molecule has 1 fully saturated rings. The van der Waals surface area contributed by atoms with Crippen LogP contribution in [0, 0.1) is 5.92 Å². The standard InChI is InChI=1S/C17H31N5O/c1-13(2)16-9-15(23-21-16)11-20-17(18-4)19-10-14(3)12-22-7-5-6-8-22/h9,13-14H,5-8,10-12H2,1-4H3,(H2,18,19,20). The van der Waals surface area contributed by atoms with Crippen molar-refractivity contribution in [1.29, 1.82) is 0 Å². The highest BCUT2D eigenvalue weighted by Gasteiger charge is 2.15. The molecule has 130 valence electrons. The molecule has 0 spiro atoms. The zero-order valence-corrected chi connectivity index (χ0v) is 14.9. The van der Waals surface area contributed by atoms with Crippen LogP contribution in [-0.4, -0.2) is 49.2 Å². The lowest BCUT2D eigenvalue weighted by Crippen LogP contribution is -2.41. The molecule has 0 saturated carbocycles. The fourth-order valence-corrected chi connectivity index (χ4v) is 2.82. The van der Waals surface area contributed by atoms with E-state index in [9.17, 15) is 0 Å². The van der Waals surface area contributed by atoms with Gasteiger partial charge in [-0.1, -0.05) is 25.9 Å². The lowest BCUT2D eigenvalue weighted by Gasteiger charge is -2.21. The van der Waals surface area contributed by atoms with Gasteiger partial charge in [-0.05, 0) is 37.8 Å². The molecule has 0 radical (unpaired) electrons. The van der Waals surface area contributed by atoms with E-state index in [-0.39, 0.29) is 0 Å². The number of aromatic nitrogens is 1. The Morgan fingerprint density at radius 2 is 2.04 bits per heavy atom. The van der Waals surface area contributed by atoms with Crippen LogP contribution in [0.2, 0.25) is 0 Å². The summed E-state index contributed by atoms with van der Waals surface area (Å²) >= 11 is 0. The van der Waals surface area contributed by atoms with Crippen molar-refractivity contribution in [2.24, 2.45) is 10.9 Å². The molecule has 0 aromatic carbocycles. The maximum absolute atomic E-state index is 5.33. The minimum absolute atomic E-state index is 0.386. The molecule has 1 aromatic rings. The van der Waals surface area contributed by atoms with Crippen molar-refractivity contribution < 1.29 is 4.52 Å². The second-order valence-corrected chi connectivity index (χ2v) is 6.79. The fraction of sp³-hybridized carbons (Fsp3) is 0.765. The molecule has 2 N–H and O–H groups in total. The number of guanidine groups is 1. The Hall–Kier alpha value is -1.56. The highest BCUT2D eigenvalue weighted by atomic mass is 16.5. The molecular formula is C17H31N5O. The summed E-state index contributed by atoms with van der Waals surface area (Å²) in [5.41, 5.74) is 0.990.